The maximum Gasteiger partial charge on any atom is 0.303 e. The molecule has 3 fully saturated rings. The zero-order chi connectivity index (χ0) is 22.7. The molecule has 4 aliphatic carbocycles. The third kappa shape index (κ3) is 3.46. The minimum Gasteiger partial charge on any atom is -0.462 e. The van der Waals surface area contributed by atoms with Gasteiger partial charge in [0.25, 0.3) is 0 Å². The first-order chi connectivity index (χ1) is 14.5. The summed E-state index contributed by atoms with van der Waals surface area (Å²) in [5.74, 6) is 0.0592. The van der Waals surface area contributed by atoms with Gasteiger partial charge in [0.1, 0.15) is 18.0 Å². The number of hydrogen-bond acceptors (Lipinski definition) is 6. The zero-order valence-electron chi connectivity index (χ0n) is 19.2. The highest BCUT2D eigenvalue weighted by molar-refractivity contribution is 5.92. The van der Waals surface area contributed by atoms with E-state index < -0.39 is 6.10 Å². The van der Waals surface area contributed by atoms with Crippen LogP contribution in [0.15, 0.2) is 11.6 Å². The van der Waals surface area contributed by atoms with Gasteiger partial charge in [-0.2, -0.15) is 0 Å². The van der Waals surface area contributed by atoms with Gasteiger partial charge in [-0.1, -0.05) is 13.8 Å². The second-order valence-corrected chi connectivity index (χ2v) is 10.7. The van der Waals surface area contributed by atoms with Crippen LogP contribution in [-0.4, -0.2) is 35.7 Å². The summed E-state index contributed by atoms with van der Waals surface area (Å²) in [4.78, 5) is 48.9. The molecule has 0 N–H and O–H groups in total. The molecule has 31 heavy (non-hydrogen) atoms. The maximum absolute atomic E-state index is 12.5. The molecule has 0 saturated heterocycles. The molecule has 3 saturated carbocycles. The molecule has 6 nitrogen and oxygen atoms in total. The van der Waals surface area contributed by atoms with Crippen molar-refractivity contribution in [1.29, 1.82) is 0 Å². The van der Waals surface area contributed by atoms with Crippen molar-refractivity contribution in [3.63, 3.8) is 0 Å². The third-order valence-electron chi connectivity index (χ3n) is 8.98. The summed E-state index contributed by atoms with van der Waals surface area (Å²) < 4.78 is 11.7. The number of carbonyl (C=O) groups is 4. The second kappa shape index (κ2) is 7.56. The van der Waals surface area contributed by atoms with Crippen LogP contribution in [0.3, 0.4) is 0 Å². The van der Waals surface area contributed by atoms with Gasteiger partial charge in [-0.3, -0.25) is 19.2 Å². The van der Waals surface area contributed by atoms with Gasteiger partial charge in [0.2, 0.25) is 0 Å². The van der Waals surface area contributed by atoms with E-state index in [2.05, 4.69) is 13.8 Å². The summed E-state index contributed by atoms with van der Waals surface area (Å²) in [6.07, 6.45) is 5.11. The topological polar surface area (TPSA) is 86.7 Å². The highest BCUT2D eigenvalue weighted by Gasteiger charge is 2.65. The van der Waals surface area contributed by atoms with E-state index >= 15 is 0 Å². The lowest BCUT2D eigenvalue weighted by molar-refractivity contribution is -0.184. The van der Waals surface area contributed by atoms with E-state index in [1.807, 2.05) is 0 Å². The van der Waals surface area contributed by atoms with Crippen molar-refractivity contribution in [3.05, 3.63) is 11.6 Å². The fraction of sp³-hybridized carbons (Fsp3) is 0.760. The first kappa shape index (κ1) is 22.2. The fourth-order valence-electron chi connectivity index (χ4n) is 7.98. The van der Waals surface area contributed by atoms with Crippen molar-refractivity contribution in [2.24, 2.45) is 34.5 Å². The minimum atomic E-state index is -0.440. The molecule has 0 aromatic rings. The average Bonchev–Trinajstić information content (AvgIpc) is 2.99. The second-order valence-electron chi connectivity index (χ2n) is 10.7. The van der Waals surface area contributed by atoms with Gasteiger partial charge in [0, 0.05) is 32.1 Å². The predicted octanol–water partition coefficient (Wildman–Crippen LogP) is 3.81. The number of ketones is 2. The quantitative estimate of drug-likeness (QED) is 0.633. The van der Waals surface area contributed by atoms with Crippen molar-refractivity contribution in [2.75, 3.05) is 0 Å². The molecule has 6 heteroatoms. The number of esters is 2. The van der Waals surface area contributed by atoms with Crippen LogP contribution in [0.5, 0.6) is 0 Å². The van der Waals surface area contributed by atoms with E-state index in [0.29, 0.717) is 31.6 Å². The van der Waals surface area contributed by atoms with E-state index in [1.54, 1.807) is 13.0 Å². The van der Waals surface area contributed by atoms with E-state index in [1.165, 1.54) is 13.8 Å². The Hall–Kier alpha value is -1.98. The van der Waals surface area contributed by atoms with Gasteiger partial charge in [0.05, 0.1) is 0 Å². The Bertz CT molecular complexity index is 858. The molecule has 0 radical (unpaired) electrons. The van der Waals surface area contributed by atoms with E-state index in [0.717, 1.165) is 18.4 Å². The van der Waals surface area contributed by atoms with Crippen molar-refractivity contribution in [3.8, 4) is 0 Å². The number of ether oxygens (including phenoxy) is 2. The van der Waals surface area contributed by atoms with Crippen LogP contribution in [0.2, 0.25) is 0 Å². The Labute approximate surface area is 184 Å². The Morgan fingerprint density at radius 1 is 1.03 bits per heavy atom. The van der Waals surface area contributed by atoms with Crippen LogP contribution in [0.4, 0.5) is 0 Å². The minimum absolute atomic E-state index is 0.0404. The molecule has 0 amide bonds. The van der Waals surface area contributed by atoms with Crippen LogP contribution in [0, 0.1) is 34.5 Å². The number of carbonyl (C=O) groups excluding carboxylic acids is 4. The highest BCUT2D eigenvalue weighted by Crippen LogP contribution is 2.67. The van der Waals surface area contributed by atoms with Crippen LogP contribution >= 0.6 is 0 Å². The summed E-state index contributed by atoms with van der Waals surface area (Å²) in [5, 5.41) is 0. The van der Waals surface area contributed by atoms with Gasteiger partial charge in [-0.15, -0.1) is 0 Å². The van der Waals surface area contributed by atoms with Gasteiger partial charge in [-0.25, -0.2) is 0 Å². The average molecular weight is 431 g/mol. The number of hydrogen-bond donors (Lipinski definition) is 0. The van der Waals surface area contributed by atoms with Gasteiger partial charge >= 0.3 is 11.9 Å². The van der Waals surface area contributed by atoms with Crippen LogP contribution in [0.1, 0.15) is 73.1 Å². The Kier molecular flexibility index (Phi) is 5.42. The summed E-state index contributed by atoms with van der Waals surface area (Å²) in [6, 6.07) is 0. The van der Waals surface area contributed by atoms with Crippen LogP contribution in [0.25, 0.3) is 0 Å². The lowest BCUT2D eigenvalue weighted by atomic mass is 9.45. The molecule has 0 aliphatic heterocycles. The normalized spacial score (nSPS) is 43.8. The molecular weight excluding hydrogens is 396 g/mol. The van der Waals surface area contributed by atoms with Crippen LogP contribution in [-0.2, 0) is 28.7 Å². The summed E-state index contributed by atoms with van der Waals surface area (Å²) in [5.41, 5.74) is 0.255. The van der Waals surface area contributed by atoms with Gasteiger partial charge in [0.15, 0.2) is 5.78 Å². The van der Waals surface area contributed by atoms with E-state index in [9.17, 15) is 19.2 Å². The van der Waals surface area contributed by atoms with E-state index in [4.69, 9.17) is 9.47 Å². The first-order valence-corrected chi connectivity index (χ1v) is 11.6. The van der Waals surface area contributed by atoms with Crippen molar-refractivity contribution in [2.45, 2.75) is 85.4 Å². The molecule has 4 rings (SSSR count). The molecular formula is C25H34O6. The molecule has 0 unspecified atom stereocenters. The molecule has 170 valence electrons. The number of Topliss-reactive ketones (excluding diaryl/α,β-unsaturated/α-hetero) is 1. The summed E-state index contributed by atoms with van der Waals surface area (Å²) >= 11 is 0. The SMILES string of the molecule is CC(=O)O[C@@H]1C[C@@H]2[C@H]([C@H](OC(C)=O)C[C@@]3(C)[C@@H]2CC[C@H]3C(C)=O)[C@]2(C)CCC(=O)C=C12. The molecule has 0 bridgehead atoms. The standard InChI is InChI=1S/C25H34O6/c1-13(26)18-6-7-19-17-11-21(30-14(2)27)20-10-16(29)8-9-24(20,4)23(17)22(31-15(3)28)12-25(18,19)5/h10,17-19,21-23H,6-9,11-12H2,1-5H3/t17-,18-,19+,21+,22+,23+,24+,25+/m0/s1. The molecule has 0 spiro atoms. The molecule has 0 heterocycles. The van der Waals surface area contributed by atoms with Crippen molar-refractivity contribution < 1.29 is 28.7 Å². The smallest absolute Gasteiger partial charge is 0.303 e. The Morgan fingerprint density at radius 3 is 2.32 bits per heavy atom. The Morgan fingerprint density at radius 2 is 1.71 bits per heavy atom. The number of rotatable bonds is 3. The molecule has 4 aliphatic rings. The van der Waals surface area contributed by atoms with Gasteiger partial charge in [-0.05, 0) is 73.3 Å². The zero-order valence-corrected chi connectivity index (χ0v) is 19.2. The molecule has 0 aromatic heterocycles. The predicted molar refractivity (Wildman–Crippen MR) is 113 cm³/mol. The Balaban J connectivity index is 1.83. The lowest BCUT2D eigenvalue weighted by Gasteiger charge is -2.61. The van der Waals surface area contributed by atoms with Crippen molar-refractivity contribution >= 4 is 23.5 Å². The third-order valence-corrected chi connectivity index (χ3v) is 8.98. The molecule has 8 atom stereocenters. The largest absolute Gasteiger partial charge is 0.462 e. The van der Waals surface area contributed by atoms with E-state index in [-0.39, 0.29) is 58.2 Å². The van der Waals surface area contributed by atoms with Gasteiger partial charge < -0.3 is 9.47 Å². The monoisotopic (exact) mass is 430 g/mol. The number of fused-ring (bicyclic) bond motifs is 5. The summed E-state index contributed by atoms with van der Waals surface area (Å²) in [7, 11) is 0. The van der Waals surface area contributed by atoms with Crippen LogP contribution < -0.4 is 0 Å². The van der Waals surface area contributed by atoms with Crippen molar-refractivity contribution in [1.82, 2.24) is 0 Å². The molecule has 0 aromatic carbocycles. The lowest BCUT2D eigenvalue weighted by Crippen LogP contribution is -2.60. The fourth-order valence-corrected chi connectivity index (χ4v) is 7.98. The highest BCUT2D eigenvalue weighted by atomic mass is 16.5. The summed E-state index contributed by atoms with van der Waals surface area (Å²) in [6.45, 7) is 8.84. The first-order valence-electron chi connectivity index (χ1n) is 11.6. The maximum atomic E-state index is 12.5.